The van der Waals surface area contributed by atoms with Gasteiger partial charge in [0, 0.05) is 6.42 Å². The zero-order valence-electron chi connectivity index (χ0n) is 5.71. The monoisotopic (exact) mass is 178 g/mol. The summed E-state index contributed by atoms with van der Waals surface area (Å²) in [5.41, 5.74) is 0. The molecule has 0 aromatic rings. The van der Waals surface area contributed by atoms with Crippen molar-refractivity contribution in [3.63, 3.8) is 0 Å². The maximum absolute atomic E-state index is 12.0. The smallest absolute Gasteiger partial charge is 0.253 e. The molecule has 0 aliphatic carbocycles. The van der Waals surface area contributed by atoms with Crippen molar-refractivity contribution in [2.24, 2.45) is 0 Å². The molecule has 0 fully saturated rings. The van der Waals surface area contributed by atoms with Gasteiger partial charge < -0.3 is 0 Å². The predicted octanol–water partition coefficient (Wildman–Crippen LogP) is 2.57. The third-order valence-corrected chi connectivity index (χ3v) is 0.866. The second-order valence-electron chi connectivity index (χ2n) is 1.86. The van der Waals surface area contributed by atoms with E-state index in [1.807, 2.05) is 0 Å². The van der Waals surface area contributed by atoms with Crippen LogP contribution in [0.4, 0.5) is 22.0 Å². The molecule has 6 heteroatoms. The lowest BCUT2D eigenvalue weighted by Gasteiger charge is -2.19. The van der Waals surface area contributed by atoms with Gasteiger partial charge in [0.2, 0.25) is 0 Å². The first-order chi connectivity index (χ1) is 4.83. The molecule has 68 valence electrons. The summed E-state index contributed by atoms with van der Waals surface area (Å²) in [4.78, 5) is 0. The number of halogens is 5. The molecule has 0 aromatic heterocycles. The molecule has 11 heavy (non-hydrogen) atoms. The molecule has 0 heterocycles. The lowest BCUT2D eigenvalue weighted by Crippen LogP contribution is -2.34. The van der Waals surface area contributed by atoms with E-state index in [0.717, 1.165) is 6.92 Å². The second-order valence-corrected chi connectivity index (χ2v) is 1.86. The zero-order chi connectivity index (χ0) is 9.12. The highest BCUT2D eigenvalue weighted by atomic mass is 19.3. The fraction of sp³-hybridized carbons (Fsp3) is 1.00. The van der Waals surface area contributed by atoms with Crippen LogP contribution < -0.4 is 0 Å². The molecule has 0 rings (SSSR count). The third kappa shape index (κ3) is 4.13. The van der Waals surface area contributed by atoms with E-state index < -0.39 is 25.3 Å². The van der Waals surface area contributed by atoms with Gasteiger partial charge in [-0.2, -0.15) is 17.6 Å². The lowest BCUT2D eigenvalue weighted by atomic mass is 10.4. The van der Waals surface area contributed by atoms with E-state index in [-0.39, 0.29) is 0 Å². The average Bonchev–Trinajstić information content (AvgIpc) is 1.86. The third-order valence-electron chi connectivity index (χ3n) is 0.866. The highest BCUT2D eigenvalue weighted by Crippen LogP contribution is 2.29. The predicted molar refractivity (Wildman–Crippen MR) is 27.2 cm³/mol. The Kier molecular flexibility index (Phi) is 3.22. The van der Waals surface area contributed by atoms with Gasteiger partial charge in [-0.3, -0.25) is 4.74 Å². The molecule has 0 unspecified atom stereocenters. The Labute approximate surface area is 60.1 Å². The number of hydrogen-bond donors (Lipinski definition) is 0. The van der Waals surface area contributed by atoms with Crippen LogP contribution in [0.15, 0.2) is 0 Å². The standard InChI is InChI=1S/C5H7F5O/c1-2-4(7,8)11-5(9,10)3-6/h2-3H2,1H3. The summed E-state index contributed by atoms with van der Waals surface area (Å²) in [6.45, 7) is -1.29. The van der Waals surface area contributed by atoms with Crippen molar-refractivity contribution in [3.05, 3.63) is 0 Å². The normalized spacial score (nSPS) is 13.6. The van der Waals surface area contributed by atoms with Crippen LogP contribution in [0, 0.1) is 0 Å². The van der Waals surface area contributed by atoms with Gasteiger partial charge in [0.25, 0.3) is 0 Å². The van der Waals surface area contributed by atoms with Gasteiger partial charge in [-0.25, -0.2) is 4.39 Å². The van der Waals surface area contributed by atoms with Crippen LogP contribution in [0.5, 0.6) is 0 Å². The van der Waals surface area contributed by atoms with Gasteiger partial charge in [-0.1, -0.05) is 6.92 Å². The first kappa shape index (κ1) is 10.6. The molecule has 0 radical (unpaired) electrons. The van der Waals surface area contributed by atoms with Gasteiger partial charge in [0.15, 0.2) is 6.67 Å². The first-order valence-electron chi connectivity index (χ1n) is 2.85. The summed E-state index contributed by atoms with van der Waals surface area (Å²) in [6.07, 6.45) is -9.27. The summed E-state index contributed by atoms with van der Waals surface area (Å²) >= 11 is 0. The molecular weight excluding hydrogens is 171 g/mol. The number of ether oxygens (including phenoxy) is 1. The van der Waals surface area contributed by atoms with Gasteiger partial charge in [-0.15, -0.1) is 0 Å². The number of alkyl halides is 5. The average molecular weight is 178 g/mol. The largest absolute Gasteiger partial charge is 0.388 e. The maximum Gasteiger partial charge on any atom is 0.388 e. The van der Waals surface area contributed by atoms with Gasteiger partial charge in [0.1, 0.15) is 0 Å². The van der Waals surface area contributed by atoms with Crippen molar-refractivity contribution in [2.75, 3.05) is 6.67 Å². The summed E-state index contributed by atoms with van der Waals surface area (Å²) in [5.74, 6) is 0. The van der Waals surface area contributed by atoms with Crippen molar-refractivity contribution >= 4 is 0 Å². The molecule has 0 bridgehead atoms. The molecule has 0 spiro atoms. The van der Waals surface area contributed by atoms with Gasteiger partial charge in [0.05, 0.1) is 0 Å². The molecule has 0 saturated heterocycles. The van der Waals surface area contributed by atoms with Gasteiger partial charge >= 0.3 is 12.2 Å². The van der Waals surface area contributed by atoms with Crippen LogP contribution in [0.25, 0.3) is 0 Å². The van der Waals surface area contributed by atoms with Crippen molar-refractivity contribution in [1.82, 2.24) is 0 Å². The van der Waals surface area contributed by atoms with E-state index in [2.05, 4.69) is 4.74 Å². The van der Waals surface area contributed by atoms with Crippen molar-refractivity contribution in [2.45, 2.75) is 25.6 Å². The fourth-order valence-corrected chi connectivity index (χ4v) is 0.318. The minimum Gasteiger partial charge on any atom is -0.253 e. The molecule has 1 nitrogen and oxygen atoms in total. The fourth-order valence-electron chi connectivity index (χ4n) is 0.318. The summed E-state index contributed by atoms with van der Waals surface area (Å²) in [6, 6.07) is 0. The van der Waals surface area contributed by atoms with Crippen molar-refractivity contribution in [3.8, 4) is 0 Å². The molecule has 0 aromatic carbocycles. The van der Waals surface area contributed by atoms with E-state index in [1.54, 1.807) is 0 Å². The van der Waals surface area contributed by atoms with Crippen LogP contribution in [0.3, 0.4) is 0 Å². The van der Waals surface area contributed by atoms with E-state index in [1.165, 1.54) is 0 Å². The van der Waals surface area contributed by atoms with E-state index in [9.17, 15) is 22.0 Å². The molecule has 0 amide bonds. The van der Waals surface area contributed by atoms with Crippen LogP contribution in [0.1, 0.15) is 13.3 Å². The van der Waals surface area contributed by atoms with Crippen molar-refractivity contribution in [1.29, 1.82) is 0 Å². The van der Waals surface area contributed by atoms with Crippen LogP contribution >= 0.6 is 0 Å². The molecule has 0 atom stereocenters. The first-order valence-corrected chi connectivity index (χ1v) is 2.85. The Balaban J connectivity index is 4.02. The number of rotatable bonds is 4. The van der Waals surface area contributed by atoms with Crippen LogP contribution in [0.2, 0.25) is 0 Å². The maximum atomic E-state index is 12.0. The Hall–Kier alpha value is -0.390. The van der Waals surface area contributed by atoms with E-state index >= 15 is 0 Å². The Morgan fingerprint density at radius 3 is 1.82 bits per heavy atom. The Morgan fingerprint density at radius 2 is 1.55 bits per heavy atom. The van der Waals surface area contributed by atoms with Crippen molar-refractivity contribution < 1.29 is 26.7 Å². The zero-order valence-corrected chi connectivity index (χ0v) is 5.71. The SMILES string of the molecule is CCC(F)(F)OC(F)(F)CF. The van der Waals surface area contributed by atoms with E-state index in [4.69, 9.17) is 0 Å². The molecule has 0 N–H and O–H groups in total. The molecule has 0 aliphatic heterocycles. The quantitative estimate of drug-likeness (QED) is 0.601. The topological polar surface area (TPSA) is 9.23 Å². The molecular formula is C5H7F5O. The Bertz CT molecular complexity index is 110. The molecule has 0 aliphatic rings. The highest BCUT2D eigenvalue weighted by Gasteiger charge is 2.42. The summed E-state index contributed by atoms with van der Waals surface area (Å²) < 4.78 is 61.6. The van der Waals surface area contributed by atoms with Crippen LogP contribution in [-0.4, -0.2) is 18.9 Å². The number of hydrogen-bond acceptors (Lipinski definition) is 1. The summed E-state index contributed by atoms with van der Waals surface area (Å²) in [7, 11) is 0. The van der Waals surface area contributed by atoms with Gasteiger partial charge in [-0.05, 0) is 0 Å². The highest BCUT2D eigenvalue weighted by molar-refractivity contribution is 4.55. The summed E-state index contributed by atoms with van der Waals surface area (Å²) in [5, 5.41) is 0. The minimum atomic E-state index is -4.39. The van der Waals surface area contributed by atoms with Crippen LogP contribution in [-0.2, 0) is 4.74 Å². The molecule has 0 saturated carbocycles. The van der Waals surface area contributed by atoms with E-state index in [0.29, 0.717) is 0 Å². The second kappa shape index (κ2) is 3.34. The lowest BCUT2D eigenvalue weighted by molar-refractivity contribution is -0.377. The Morgan fingerprint density at radius 1 is 1.09 bits per heavy atom. The minimum absolute atomic E-state index is 0.914.